The average molecular weight is 229 g/mol. The summed E-state index contributed by atoms with van der Waals surface area (Å²) in [6, 6.07) is 10.1. The first-order chi connectivity index (χ1) is 8.34. The molecule has 2 unspecified atom stereocenters. The molecule has 0 amide bonds. The third kappa shape index (κ3) is 1.97. The minimum atomic E-state index is -0.338. The summed E-state index contributed by atoms with van der Waals surface area (Å²) >= 11 is 0. The van der Waals surface area contributed by atoms with E-state index in [0.717, 1.165) is 12.1 Å². The van der Waals surface area contributed by atoms with E-state index in [-0.39, 0.29) is 12.1 Å². The van der Waals surface area contributed by atoms with Gasteiger partial charge in [-0.05, 0) is 17.2 Å². The zero-order valence-electron chi connectivity index (χ0n) is 9.43. The molecule has 1 aromatic carbocycles. The van der Waals surface area contributed by atoms with Crippen LogP contribution in [0, 0.1) is 0 Å². The van der Waals surface area contributed by atoms with Crippen molar-refractivity contribution >= 4 is 0 Å². The van der Waals surface area contributed by atoms with E-state index in [1.807, 2.05) is 18.2 Å². The van der Waals surface area contributed by atoms with Crippen LogP contribution in [0.25, 0.3) is 0 Å². The van der Waals surface area contributed by atoms with E-state index >= 15 is 0 Å². The van der Waals surface area contributed by atoms with Crippen LogP contribution in [0.1, 0.15) is 22.9 Å². The molecule has 0 aliphatic heterocycles. The molecule has 2 atom stereocenters. The van der Waals surface area contributed by atoms with Crippen LogP contribution in [0.4, 0.5) is 0 Å². The highest BCUT2D eigenvalue weighted by atomic mass is 16.3. The van der Waals surface area contributed by atoms with E-state index < -0.39 is 0 Å². The maximum absolute atomic E-state index is 10.1. The van der Waals surface area contributed by atoms with Crippen LogP contribution in [0.15, 0.2) is 36.5 Å². The quantitative estimate of drug-likeness (QED) is 0.740. The van der Waals surface area contributed by atoms with Crippen LogP contribution in [0.5, 0.6) is 0 Å². The summed E-state index contributed by atoms with van der Waals surface area (Å²) in [5.74, 6) is 0. The van der Waals surface area contributed by atoms with Crippen LogP contribution >= 0.6 is 0 Å². The lowest BCUT2D eigenvalue weighted by atomic mass is 10.1. The Morgan fingerprint density at radius 2 is 2.24 bits per heavy atom. The van der Waals surface area contributed by atoms with Crippen molar-refractivity contribution in [2.24, 2.45) is 0 Å². The molecule has 1 aromatic heterocycles. The molecular formula is C13H15N3O. The summed E-state index contributed by atoms with van der Waals surface area (Å²) in [5, 5.41) is 20.2. The van der Waals surface area contributed by atoms with Crippen LogP contribution < -0.4 is 5.32 Å². The maximum Gasteiger partial charge on any atom is 0.0775 e. The van der Waals surface area contributed by atoms with Crippen LogP contribution in [0.2, 0.25) is 0 Å². The molecule has 0 saturated heterocycles. The second kappa shape index (κ2) is 4.31. The fourth-order valence-corrected chi connectivity index (χ4v) is 2.42. The van der Waals surface area contributed by atoms with Crippen LogP contribution in [-0.4, -0.2) is 21.4 Å². The van der Waals surface area contributed by atoms with Gasteiger partial charge < -0.3 is 10.4 Å². The van der Waals surface area contributed by atoms with Crippen molar-refractivity contribution in [1.82, 2.24) is 15.5 Å². The van der Waals surface area contributed by atoms with E-state index in [1.165, 1.54) is 11.1 Å². The van der Waals surface area contributed by atoms with E-state index in [0.29, 0.717) is 6.54 Å². The lowest BCUT2D eigenvalue weighted by Gasteiger charge is -2.17. The molecular weight excluding hydrogens is 214 g/mol. The molecule has 1 heterocycles. The van der Waals surface area contributed by atoms with Gasteiger partial charge in [0.15, 0.2) is 0 Å². The molecule has 3 rings (SSSR count). The number of aliphatic hydroxyl groups is 1. The Labute approximate surface area is 99.7 Å². The number of rotatable bonds is 3. The van der Waals surface area contributed by atoms with E-state index in [4.69, 9.17) is 0 Å². The Morgan fingerprint density at radius 3 is 3.06 bits per heavy atom. The molecule has 4 heteroatoms. The number of aromatic amines is 1. The number of H-pyrrole nitrogens is 1. The van der Waals surface area contributed by atoms with Gasteiger partial charge in [-0.2, -0.15) is 5.10 Å². The highest BCUT2D eigenvalue weighted by Crippen LogP contribution is 2.31. The minimum absolute atomic E-state index is 0.0227. The lowest BCUT2D eigenvalue weighted by Crippen LogP contribution is -2.28. The van der Waals surface area contributed by atoms with Crippen molar-refractivity contribution in [1.29, 1.82) is 0 Å². The Morgan fingerprint density at radius 1 is 1.35 bits per heavy atom. The maximum atomic E-state index is 10.1. The number of aromatic nitrogens is 2. The fraction of sp³-hybridized carbons (Fsp3) is 0.308. The van der Waals surface area contributed by atoms with Gasteiger partial charge in [0.05, 0.1) is 12.1 Å². The van der Waals surface area contributed by atoms with E-state index in [1.54, 1.807) is 6.20 Å². The number of nitrogens with one attached hydrogen (secondary N) is 2. The monoisotopic (exact) mass is 229 g/mol. The van der Waals surface area contributed by atoms with Crippen molar-refractivity contribution < 1.29 is 5.11 Å². The molecule has 4 nitrogen and oxygen atoms in total. The summed E-state index contributed by atoms with van der Waals surface area (Å²) < 4.78 is 0. The van der Waals surface area contributed by atoms with Crippen LogP contribution in [-0.2, 0) is 13.0 Å². The molecule has 1 aliphatic rings. The standard InChI is InChI=1S/C13H15N3O/c17-12-7-9-3-1-2-4-11(9)13(12)14-8-10-5-6-15-16-10/h1-6,12-14,17H,7-8H2,(H,15,16). The highest BCUT2D eigenvalue weighted by molar-refractivity contribution is 5.36. The summed E-state index contributed by atoms with van der Waals surface area (Å²) in [6.07, 6.45) is 2.13. The Hall–Kier alpha value is -1.65. The van der Waals surface area contributed by atoms with Gasteiger partial charge in [0.25, 0.3) is 0 Å². The highest BCUT2D eigenvalue weighted by Gasteiger charge is 2.29. The van der Waals surface area contributed by atoms with Gasteiger partial charge in [-0.1, -0.05) is 24.3 Å². The predicted molar refractivity (Wildman–Crippen MR) is 64.3 cm³/mol. The molecule has 0 fully saturated rings. The van der Waals surface area contributed by atoms with Gasteiger partial charge >= 0.3 is 0 Å². The molecule has 17 heavy (non-hydrogen) atoms. The zero-order valence-corrected chi connectivity index (χ0v) is 9.43. The molecule has 3 N–H and O–H groups in total. The molecule has 0 spiro atoms. The smallest absolute Gasteiger partial charge is 0.0775 e. The Balaban J connectivity index is 1.75. The number of hydrogen-bond acceptors (Lipinski definition) is 3. The third-order valence-electron chi connectivity index (χ3n) is 3.27. The largest absolute Gasteiger partial charge is 0.391 e. The summed E-state index contributed by atoms with van der Waals surface area (Å²) in [5.41, 5.74) is 3.48. The first-order valence-electron chi connectivity index (χ1n) is 5.82. The van der Waals surface area contributed by atoms with Gasteiger partial charge in [-0.15, -0.1) is 0 Å². The number of aliphatic hydroxyl groups excluding tert-OH is 1. The molecule has 0 bridgehead atoms. The van der Waals surface area contributed by atoms with E-state index in [9.17, 15) is 5.11 Å². The lowest BCUT2D eigenvalue weighted by molar-refractivity contribution is 0.140. The van der Waals surface area contributed by atoms with Gasteiger partial charge in [0.2, 0.25) is 0 Å². The number of hydrogen-bond donors (Lipinski definition) is 3. The number of fused-ring (bicyclic) bond motifs is 1. The molecule has 0 radical (unpaired) electrons. The number of nitrogens with zero attached hydrogens (tertiary/aromatic N) is 1. The van der Waals surface area contributed by atoms with Crippen molar-refractivity contribution in [2.75, 3.05) is 0 Å². The van der Waals surface area contributed by atoms with Gasteiger partial charge in [-0.25, -0.2) is 0 Å². The first kappa shape index (κ1) is 10.5. The fourth-order valence-electron chi connectivity index (χ4n) is 2.42. The summed E-state index contributed by atoms with van der Waals surface area (Å²) in [4.78, 5) is 0. The second-order valence-corrected chi connectivity index (χ2v) is 4.41. The SMILES string of the molecule is OC1Cc2ccccc2C1NCc1ccn[nH]1. The van der Waals surface area contributed by atoms with Gasteiger partial charge in [-0.3, -0.25) is 5.10 Å². The number of benzene rings is 1. The van der Waals surface area contributed by atoms with Crippen molar-refractivity contribution in [3.8, 4) is 0 Å². The molecule has 2 aromatic rings. The second-order valence-electron chi connectivity index (χ2n) is 4.41. The van der Waals surface area contributed by atoms with Crippen molar-refractivity contribution in [3.05, 3.63) is 53.3 Å². The molecule has 1 aliphatic carbocycles. The normalized spacial score (nSPS) is 22.6. The minimum Gasteiger partial charge on any atom is -0.391 e. The van der Waals surface area contributed by atoms with Crippen molar-refractivity contribution in [3.63, 3.8) is 0 Å². The van der Waals surface area contributed by atoms with Gasteiger partial charge in [0, 0.05) is 24.9 Å². The Kier molecular flexibility index (Phi) is 2.66. The zero-order chi connectivity index (χ0) is 11.7. The average Bonchev–Trinajstić information content (AvgIpc) is 2.93. The summed E-state index contributed by atoms with van der Waals surface area (Å²) in [7, 11) is 0. The molecule has 88 valence electrons. The van der Waals surface area contributed by atoms with Gasteiger partial charge in [0.1, 0.15) is 0 Å². The summed E-state index contributed by atoms with van der Waals surface area (Å²) in [6.45, 7) is 0.691. The molecule has 0 saturated carbocycles. The van der Waals surface area contributed by atoms with Crippen LogP contribution in [0.3, 0.4) is 0 Å². The first-order valence-corrected chi connectivity index (χ1v) is 5.82. The third-order valence-corrected chi connectivity index (χ3v) is 3.27. The van der Waals surface area contributed by atoms with E-state index in [2.05, 4.69) is 27.6 Å². The van der Waals surface area contributed by atoms with Crippen molar-refractivity contribution in [2.45, 2.75) is 25.1 Å². The Bertz CT molecular complexity index is 495. The predicted octanol–water partition coefficient (Wildman–Crippen LogP) is 1.16. The topological polar surface area (TPSA) is 60.9 Å².